The van der Waals surface area contributed by atoms with Crippen LogP contribution >= 0.6 is 0 Å². The van der Waals surface area contributed by atoms with Gasteiger partial charge in [-0.15, -0.1) is 0 Å². The maximum atomic E-state index is 13.1. The molecule has 0 unspecified atom stereocenters. The van der Waals surface area contributed by atoms with E-state index in [0.717, 1.165) is 37.1 Å². The van der Waals surface area contributed by atoms with E-state index < -0.39 is 0 Å². The van der Waals surface area contributed by atoms with E-state index in [2.05, 4.69) is 70.5 Å². The maximum absolute atomic E-state index is 13.1. The zero-order valence-electron chi connectivity index (χ0n) is 16.9. The van der Waals surface area contributed by atoms with Gasteiger partial charge in [0.15, 0.2) is 0 Å². The number of amides is 1. The van der Waals surface area contributed by atoms with E-state index in [1.165, 1.54) is 11.1 Å². The summed E-state index contributed by atoms with van der Waals surface area (Å²) in [6.45, 7) is 3.15. The number of para-hydroxylation sites is 1. The Morgan fingerprint density at radius 2 is 1.30 bits per heavy atom. The molecular weight excluding hydrogens is 370 g/mol. The number of H-pyrrole nitrogens is 1. The van der Waals surface area contributed by atoms with E-state index in [-0.39, 0.29) is 11.9 Å². The molecule has 1 aromatic heterocycles. The lowest BCUT2D eigenvalue weighted by molar-refractivity contribution is 0.0592. The van der Waals surface area contributed by atoms with Gasteiger partial charge in [0.05, 0.1) is 6.04 Å². The Bertz CT molecular complexity index is 1060. The molecule has 4 heteroatoms. The summed E-state index contributed by atoms with van der Waals surface area (Å²) in [4.78, 5) is 20.8. The average Bonchev–Trinajstić information content (AvgIpc) is 3.25. The highest BCUT2D eigenvalue weighted by atomic mass is 16.2. The molecule has 30 heavy (non-hydrogen) atoms. The number of carbonyl (C=O) groups excluding carboxylic acids is 1. The van der Waals surface area contributed by atoms with Crippen molar-refractivity contribution in [3.63, 3.8) is 0 Å². The fourth-order valence-electron chi connectivity index (χ4n) is 4.43. The minimum Gasteiger partial charge on any atom is -0.351 e. The number of aromatic amines is 1. The Kier molecular flexibility index (Phi) is 5.08. The van der Waals surface area contributed by atoms with Crippen molar-refractivity contribution < 1.29 is 4.79 Å². The van der Waals surface area contributed by atoms with Crippen molar-refractivity contribution in [1.82, 2.24) is 14.8 Å². The van der Waals surface area contributed by atoms with E-state index in [4.69, 9.17) is 0 Å². The summed E-state index contributed by atoms with van der Waals surface area (Å²) in [6.07, 6.45) is 0. The smallest absolute Gasteiger partial charge is 0.270 e. The van der Waals surface area contributed by atoms with Crippen LogP contribution in [0.15, 0.2) is 91.0 Å². The first kappa shape index (κ1) is 18.6. The molecule has 1 aliphatic rings. The van der Waals surface area contributed by atoms with Gasteiger partial charge in [-0.25, -0.2) is 0 Å². The summed E-state index contributed by atoms with van der Waals surface area (Å²) in [7, 11) is 0. The number of nitrogens with zero attached hydrogens (tertiary/aromatic N) is 2. The molecule has 5 rings (SSSR count). The van der Waals surface area contributed by atoms with Crippen molar-refractivity contribution in [2.24, 2.45) is 0 Å². The van der Waals surface area contributed by atoms with Gasteiger partial charge in [-0.05, 0) is 23.3 Å². The van der Waals surface area contributed by atoms with Crippen LogP contribution in [0.5, 0.6) is 0 Å². The van der Waals surface area contributed by atoms with Crippen LogP contribution < -0.4 is 0 Å². The minimum atomic E-state index is 0.0850. The Morgan fingerprint density at radius 1 is 0.733 bits per heavy atom. The summed E-state index contributed by atoms with van der Waals surface area (Å²) in [5.74, 6) is 0.0850. The highest BCUT2D eigenvalue weighted by Crippen LogP contribution is 2.29. The minimum absolute atomic E-state index is 0.0850. The van der Waals surface area contributed by atoms with Gasteiger partial charge in [0, 0.05) is 37.1 Å². The predicted molar refractivity (Wildman–Crippen MR) is 121 cm³/mol. The van der Waals surface area contributed by atoms with E-state index in [1.54, 1.807) is 0 Å². The lowest BCUT2D eigenvalue weighted by atomic mass is 9.96. The molecule has 0 bridgehead atoms. The third-order valence-corrected chi connectivity index (χ3v) is 5.96. The topological polar surface area (TPSA) is 39.3 Å². The van der Waals surface area contributed by atoms with E-state index >= 15 is 0 Å². The molecule has 3 aromatic carbocycles. The number of hydrogen-bond donors (Lipinski definition) is 1. The highest BCUT2D eigenvalue weighted by molar-refractivity contribution is 5.98. The molecular formula is C26H25N3O. The summed E-state index contributed by atoms with van der Waals surface area (Å²) < 4.78 is 0. The van der Waals surface area contributed by atoms with Crippen molar-refractivity contribution in [1.29, 1.82) is 0 Å². The normalized spacial score (nSPS) is 15.0. The molecule has 1 amide bonds. The lowest BCUT2D eigenvalue weighted by Gasteiger charge is -2.39. The first-order valence-corrected chi connectivity index (χ1v) is 10.5. The molecule has 2 heterocycles. The van der Waals surface area contributed by atoms with E-state index in [9.17, 15) is 4.79 Å². The van der Waals surface area contributed by atoms with Gasteiger partial charge in [0.1, 0.15) is 5.69 Å². The summed E-state index contributed by atoms with van der Waals surface area (Å²) in [5, 5.41) is 1.08. The second-order valence-corrected chi connectivity index (χ2v) is 7.82. The molecule has 4 nitrogen and oxygen atoms in total. The number of carbonyl (C=O) groups is 1. The maximum Gasteiger partial charge on any atom is 0.270 e. The quantitative estimate of drug-likeness (QED) is 0.543. The van der Waals surface area contributed by atoms with Gasteiger partial charge >= 0.3 is 0 Å². The van der Waals surface area contributed by atoms with Crippen molar-refractivity contribution >= 4 is 16.8 Å². The van der Waals surface area contributed by atoms with Crippen LogP contribution in [-0.4, -0.2) is 46.9 Å². The molecule has 4 aromatic rings. The Morgan fingerprint density at radius 3 is 1.90 bits per heavy atom. The SMILES string of the molecule is O=C(c1cc2ccccc2[nH]1)N1CCN(C(c2ccccc2)c2ccccc2)CC1. The Labute approximate surface area is 176 Å². The number of hydrogen-bond acceptors (Lipinski definition) is 2. The van der Waals surface area contributed by atoms with Crippen LogP contribution in [0.25, 0.3) is 10.9 Å². The number of nitrogens with one attached hydrogen (secondary N) is 1. The zero-order chi connectivity index (χ0) is 20.3. The molecule has 150 valence electrons. The number of fused-ring (bicyclic) bond motifs is 1. The number of benzene rings is 3. The number of aromatic nitrogens is 1. The summed E-state index contributed by atoms with van der Waals surface area (Å²) >= 11 is 0. The number of piperazine rings is 1. The Hall–Kier alpha value is -3.37. The molecule has 0 radical (unpaired) electrons. The molecule has 1 saturated heterocycles. The van der Waals surface area contributed by atoms with Gasteiger partial charge < -0.3 is 9.88 Å². The first-order valence-electron chi connectivity index (χ1n) is 10.5. The molecule has 1 N–H and O–H groups in total. The molecule has 0 saturated carbocycles. The third kappa shape index (κ3) is 3.62. The zero-order valence-corrected chi connectivity index (χ0v) is 16.9. The molecule has 0 atom stereocenters. The van der Waals surface area contributed by atoms with Crippen LogP contribution in [0.1, 0.15) is 27.7 Å². The fraction of sp³-hybridized carbons (Fsp3) is 0.192. The predicted octanol–water partition coefficient (Wildman–Crippen LogP) is 4.72. The van der Waals surface area contributed by atoms with Crippen LogP contribution in [0.4, 0.5) is 0 Å². The van der Waals surface area contributed by atoms with E-state index in [1.807, 2.05) is 35.2 Å². The number of rotatable bonds is 4. The largest absolute Gasteiger partial charge is 0.351 e. The van der Waals surface area contributed by atoms with Crippen LogP contribution in [0.3, 0.4) is 0 Å². The van der Waals surface area contributed by atoms with Gasteiger partial charge in [-0.1, -0.05) is 78.9 Å². The van der Waals surface area contributed by atoms with E-state index in [0.29, 0.717) is 5.69 Å². The third-order valence-electron chi connectivity index (χ3n) is 5.96. The summed E-state index contributed by atoms with van der Waals surface area (Å²) in [6, 6.07) is 31.5. The van der Waals surface area contributed by atoms with Crippen LogP contribution in [-0.2, 0) is 0 Å². The highest BCUT2D eigenvalue weighted by Gasteiger charge is 2.29. The van der Waals surface area contributed by atoms with Gasteiger partial charge in [-0.3, -0.25) is 9.69 Å². The molecule has 1 fully saturated rings. The van der Waals surface area contributed by atoms with Gasteiger partial charge in [0.25, 0.3) is 5.91 Å². The molecule has 0 aliphatic carbocycles. The molecule has 0 spiro atoms. The van der Waals surface area contributed by atoms with Crippen LogP contribution in [0.2, 0.25) is 0 Å². The Balaban J connectivity index is 1.34. The van der Waals surface area contributed by atoms with Gasteiger partial charge in [0.2, 0.25) is 0 Å². The molecule has 1 aliphatic heterocycles. The van der Waals surface area contributed by atoms with Crippen molar-refractivity contribution in [3.05, 3.63) is 108 Å². The lowest BCUT2D eigenvalue weighted by Crippen LogP contribution is -2.50. The average molecular weight is 396 g/mol. The van der Waals surface area contributed by atoms with Crippen molar-refractivity contribution in [2.45, 2.75) is 6.04 Å². The fourth-order valence-corrected chi connectivity index (χ4v) is 4.43. The second-order valence-electron chi connectivity index (χ2n) is 7.82. The monoisotopic (exact) mass is 395 g/mol. The summed E-state index contributed by atoms with van der Waals surface area (Å²) in [5.41, 5.74) is 4.26. The van der Waals surface area contributed by atoms with Gasteiger partial charge in [-0.2, -0.15) is 0 Å². The second kappa shape index (κ2) is 8.17. The van der Waals surface area contributed by atoms with Crippen molar-refractivity contribution in [2.75, 3.05) is 26.2 Å². The standard InChI is InChI=1S/C26H25N3O/c30-26(24-19-22-13-7-8-14-23(22)27-24)29-17-15-28(16-18-29)25(20-9-3-1-4-10-20)21-11-5-2-6-12-21/h1-14,19,25,27H,15-18H2. The van der Waals surface area contributed by atoms with Crippen molar-refractivity contribution in [3.8, 4) is 0 Å². The van der Waals surface area contributed by atoms with Crippen LogP contribution in [0, 0.1) is 0 Å². The first-order chi connectivity index (χ1) is 14.8.